The zero-order valence-corrected chi connectivity index (χ0v) is 17.9. The maximum atomic E-state index is 6.22. The molecule has 0 atom stereocenters. The number of nitrogens with zero attached hydrogens (tertiary/aromatic N) is 2. The SMILES string of the molecule is COc1cccc(OCCn2c(COc3ccc(Cl)cc3Cl)nc3ccccc32)c1. The normalized spacial score (nSPS) is 10.9. The average Bonchev–Trinajstić information content (AvgIpc) is 3.11. The number of rotatable bonds is 8. The van der Waals surface area contributed by atoms with E-state index < -0.39 is 0 Å². The lowest BCUT2D eigenvalue weighted by Crippen LogP contribution is -2.13. The minimum Gasteiger partial charge on any atom is -0.497 e. The van der Waals surface area contributed by atoms with E-state index in [1.165, 1.54) is 0 Å². The van der Waals surface area contributed by atoms with E-state index in [4.69, 9.17) is 42.4 Å². The highest BCUT2D eigenvalue weighted by Crippen LogP contribution is 2.28. The molecule has 0 aliphatic carbocycles. The van der Waals surface area contributed by atoms with E-state index >= 15 is 0 Å². The predicted octanol–water partition coefficient (Wildman–Crippen LogP) is 6.01. The molecule has 30 heavy (non-hydrogen) atoms. The van der Waals surface area contributed by atoms with Gasteiger partial charge in [-0.25, -0.2) is 4.98 Å². The monoisotopic (exact) mass is 442 g/mol. The van der Waals surface area contributed by atoms with E-state index in [2.05, 4.69) is 4.57 Å². The second kappa shape index (κ2) is 9.28. The van der Waals surface area contributed by atoms with Crippen LogP contribution in [0, 0.1) is 0 Å². The molecule has 4 aromatic rings. The number of imidazole rings is 1. The smallest absolute Gasteiger partial charge is 0.148 e. The Balaban J connectivity index is 1.51. The van der Waals surface area contributed by atoms with Crippen molar-refractivity contribution in [2.45, 2.75) is 13.2 Å². The minimum atomic E-state index is 0.273. The van der Waals surface area contributed by atoms with Gasteiger partial charge in [-0.2, -0.15) is 0 Å². The van der Waals surface area contributed by atoms with Gasteiger partial charge in [-0.15, -0.1) is 0 Å². The molecule has 0 fully saturated rings. The van der Waals surface area contributed by atoms with Crippen molar-refractivity contribution < 1.29 is 14.2 Å². The van der Waals surface area contributed by atoms with Gasteiger partial charge in [0, 0.05) is 11.1 Å². The number of para-hydroxylation sites is 2. The van der Waals surface area contributed by atoms with Gasteiger partial charge in [-0.1, -0.05) is 41.4 Å². The maximum absolute atomic E-state index is 6.22. The Bertz CT molecular complexity index is 1160. The number of aromatic nitrogens is 2. The molecule has 7 heteroatoms. The van der Waals surface area contributed by atoms with E-state index in [-0.39, 0.29) is 6.61 Å². The molecular weight excluding hydrogens is 423 g/mol. The summed E-state index contributed by atoms with van der Waals surface area (Å²) in [5.41, 5.74) is 1.92. The Morgan fingerprint density at radius 3 is 2.57 bits per heavy atom. The van der Waals surface area contributed by atoms with Crippen LogP contribution in [0.1, 0.15) is 5.82 Å². The van der Waals surface area contributed by atoms with Crippen molar-refractivity contribution in [3.8, 4) is 17.2 Å². The number of ether oxygens (including phenoxy) is 3. The molecule has 0 bridgehead atoms. The van der Waals surface area contributed by atoms with Crippen molar-refractivity contribution in [2.24, 2.45) is 0 Å². The van der Waals surface area contributed by atoms with Gasteiger partial charge in [-0.3, -0.25) is 0 Å². The van der Waals surface area contributed by atoms with E-state index in [1.54, 1.807) is 25.3 Å². The summed E-state index contributed by atoms with van der Waals surface area (Å²) in [6.07, 6.45) is 0. The third kappa shape index (κ3) is 4.64. The third-order valence-corrected chi connectivity index (χ3v) is 5.14. The van der Waals surface area contributed by atoms with Crippen molar-refractivity contribution >= 4 is 34.2 Å². The van der Waals surface area contributed by atoms with Gasteiger partial charge in [0.15, 0.2) is 0 Å². The van der Waals surface area contributed by atoms with Crippen LogP contribution in [-0.4, -0.2) is 23.3 Å². The third-order valence-electron chi connectivity index (χ3n) is 4.61. The molecule has 4 rings (SSSR count). The number of hydrogen-bond donors (Lipinski definition) is 0. The molecule has 0 aliphatic heterocycles. The predicted molar refractivity (Wildman–Crippen MR) is 119 cm³/mol. The van der Waals surface area contributed by atoms with Gasteiger partial charge in [0.2, 0.25) is 0 Å². The second-order valence-electron chi connectivity index (χ2n) is 6.56. The number of hydrogen-bond acceptors (Lipinski definition) is 4. The molecule has 0 spiro atoms. The topological polar surface area (TPSA) is 45.5 Å². The standard InChI is InChI=1S/C23H20Cl2N2O3/c1-28-17-5-4-6-18(14-17)29-12-11-27-21-8-3-2-7-20(21)26-23(27)15-30-22-10-9-16(24)13-19(22)25/h2-10,13-14H,11-12,15H2,1H3. The highest BCUT2D eigenvalue weighted by atomic mass is 35.5. The van der Waals surface area contributed by atoms with Crippen LogP contribution in [-0.2, 0) is 13.2 Å². The van der Waals surface area contributed by atoms with Gasteiger partial charge in [0.1, 0.15) is 36.3 Å². The molecule has 5 nitrogen and oxygen atoms in total. The van der Waals surface area contributed by atoms with Crippen LogP contribution in [0.15, 0.2) is 66.7 Å². The largest absolute Gasteiger partial charge is 0.497 e. The first kappa shape index (κ1) is 20.4. The molecule has 0 radical (unpaired) electrons. The molecule has 0 aliphatic rings. The van der Waals surface area contributed by atoms with Gasteiger partial charge in [-0.05, 0) is 42.5 Å². The fraction of sp³-hybridized carbons (Fsp3) is 0.174. The van der Waals surface area contributed by atoms with Crippen molar-refractivity contribution in [3.63, 3.8) is 0 Å². The van der Waals surface area contributed by atoms with Crippen LogP contribution in [0.25, 0.3) is 11.0 Å². The van der Waals surface area contributed by atoms with Crippen molar-refractivity contribution in [2.75, 3.05) is 13.7 Å². The van der Waals surface area contributed by atoms with Gasteiger partial charge in [0.05, 0.1) is 29.7 Å². The average molecular weight is 443 g/mol. The maximum Gasteiger partial charge on any atom is 0.148 e. The lowest BCUT2D eigenvalue weighted by Gasteiger charge is -2.13. The fourth-order valence-electron chi connectivity index (χ4n) is 3.17. The Morgan fingerprint density at radius 2 is 1.73 bits per heavy atom. The summed E-state index contributed by atoms with van der Waals surface area (Å²) in [4.78, 5) is 4.72. The van der Waals surface area contributed by atoms with Gasteiger partial charge in [0.25, 0.3) is 0 Å². The summed E-state index contributed by atoms with van der Waals surface area (Å²) >= 11 is 12.2. The fourth-order valence-corrected chi connectivity index (χ4v) is 3.63. The molecule has 1 heterocycles. The summed E-state index contributed by atoms with van der Waals surface area (Å²) in [5.74, 6) is 2.86. The van der Waals surface area contributed by atoms with Crippen molar-refractivity contribution in [1.82, 2.24) is 9.55 Å². The van der Waals surface area contributed by atoms with Crippen LogP contribution in [0.5, 0.6) is 17.2 Å². The van der Waals surface area contributed by atoms with E-state index in [1.807, 2.05) is 48.5 Å². The molecule has 3 aromatic carbocycles. The summed E-state index contributed by atoms with van der Waals surface area (Å²) in [6, 6.07) is 20.7. The molecule has 0 saturated heterocycles. The molecule has 0 unspecified atom stereocenters. The van der Waals surface area contributed by atoms with E-state index in [0.29, 0.717) is 28.9 Å². The molecule has 1 aromatic heterocycles. The molecule has 154 valence electrons. The number of fused-ring (bicyclic) bond motifs is 1. The summed E-state index contributed by atoms with van der Waals surface area (Å²) in [5, 5.41) is 1.03. The van der Waals surface area contributed by atoms with E-state index in [9.17, 15) is 0 Å². The van der Waals surface area contributed by atoms with Crippen LogP contribution in [0.3, 0.4) is 0 Å². The number of halogens is 2. The van der Waals surface area contributed by atoms with E-state index in [0.717, 1.165) is 28.4 Å². The second-order valence-corrected chi connectivity index (χ2v) is 7.40. The van der Waals surface area contributed by atoms with Crippen LogP contribution in [0.2, 0.25) is 10.0 Å². The van der Waals surface area contributed by atoms with Gasteiger partial charge >= 0.3 is 0 Å². The summed E-state index contributed by atoms with van der Waals surface area (Å²) in [7, 11) is 1.63. The highest BCUT2D eigenvalue weighted by Gasteiger charge is 2.12. The zero-order valence-electron chi connectivity index (χ0n) is 16.3. The summed E-state index contributed by atoms with van der Waals surface area (Å²) in [6.45, 7) is 1.36. The Hall–Kier alpha value is -2.89. The number of benzene rings is 3. The Kier molecular flexibility index (Phi) is 6.31. The molecule has 0 saturated carbocycles. The quantitative estimate of drug-likeness (QED) is 0.335. The van der Waals surface area contributed by atoms with Crippen LogP contribution in [0.4, 0.5) is 0 Å². The minimum absolute atomic E-state index is 0.273. The first-order valence-electron chi connectivity index (χ1n) is 9.43. The Labute approximate surface area is 184 Å². The lowest BCUT2D eigenvalue weighted by molar-refractivity contribution is 0.272. The van der Waals surface area contributed by atoms with Gasteiger partial charge < -0.3 is 18.8 Å². The molecule has 0 amide bonds. The van der Waals surface area contributed by atoms with Crippen LogP contribution < -0.4 is 14.2 Å². The first-order valence-corrected chi connectivity index (χ1v) is 10.2. The highest BCUT2D eigenvalue weighted by molar-refractivity contribution is 6.35. The Morgan fingerprint density at radius 1 is 0.900 bits per heavy atom. The summed E-state index contributed by atoms with van der Waals surface area (Å²) < 4.78 is 19.2. The first-order chi connectivity index (χ1) is 14.6. The number of methoxy groups -OCH3 is 1. The van der Waals surface area contributed by atoms with Crippen molar-refractivity contribution in [1.29, 1.82) is 0 Å². The zero-order chi connectivity index (χ0) is 20.9. The lowest BCUT2D eigenvalue weighted by atomic mass is 10.3. The van der Waals surface area contributed by atoms with Crippen molar-refractivity contribution in [3.05, 3.63) is 82.6 Å². The molecule has 0 N–H and O–H groups in total. The van der Waals surface area contributed by atoms with Crippen LogP contribution >= 0.6 is 23.2 Å². The molecular formula is C23H20Cl2N2O3.